The number of ketones is 1. The number of carbonyl (C=O) groups excluding carboxylic acids is 1. The molecule has 0 aliphatic rings. The van der Waals surface area contributed by atoms with Crippen LogP contribution in [-0.4, -0.2) is 5.78 Å². The summed E-state index contributed by atoms with van der Waals surface area (Å²) in [4.78, 5) is 11.6. The molecule has 0 aromatic heterocycles. The third-order valence-corrected chi connectivity index (χ3v) is 3.67. The van der Waals surface area contributed by atoms with Crippen LogP contribution in [0, 0.1) is 0 Å². The average Bonchev–Trinajstić information content (AvgIpc) is 2.34. The highest BCUT2D eigenvalue weighted by atomic mass is 79.9. The fourth-order valence-corrected chi connectivity index (χ4v) is 2.15. The minimum absolute atomic E-state index is 0.262. The van der Waals surface area contributed by atoms with Gasteiger partial charge in [0.1, 0.15) is 0 Å². The summed E-state index contributed by atoms with van der Waals surface area (Å²) < 4.78 is 0.791. The van der Waals surface area contributed by atoms with E-state index in [0.29, 0.717) is 6.42 Å². The zero-order chi connectivity index (χ0) is 12.9. The highest BCUT2D eigenvalue weighted by molar-refractivity contribution is 9.12. The van der Waals surface area contributed by atoms with Gasteiger partial charge in [0.05, 0.1) is 4.48 Å². The highest BCUT2D eigenvalue weighted by Crippen LogP contribution is 2.14. The van der Waals surface area contributed by atoms with Crippen LogP contribution in [0.15, 0.2) is 10.6 Å². The maximum atomic E-state index is 11.6. The molecule has 0 aromatic carbocycles. The molecule has 0 fully saturated rings. The number of hydrogen-bond acceptors (Lipinski definition) is 1. The van der Waals surface area contributed by atoms with Crippen molar-refractivity contribution in [2.45, 2.75) is 78.1 Å². The van der Waals surface area contributed by atoms with Crippen LogP contribution in [0.25, 0.3) is 0 Å². The van der Waals surface area contributed by atoms with E-state index in [4.69, 9.17) is 0 Å². The van der Waals surface area contributed by atoms with Crippen molar-refractivity contribution in [3.63, 3.8) is 0 Å². The standard InChI is InChI=1S/C15H27BrO/c1-3-5-7-8-9-10-11-12-14(16)15(17)13-6-4-2/h12H,3-11,13H2,1-2H3/b14-12-. The molecule has 0 saturated heterocycles. The maximum absolute atomic E-state index is 11.6. The molecule has 17 heavy (non-hydrogen) atoms. The number of Topliss-reactive ketones (excluding diaryl/α,β-unsaturated/α-hetero) is 1. The molecule has 0 radical (unpaired) electrons. The van der Waals surface area contributed by atoms with E-state index in [1.165, 1.54) is 38.5 Å². The van der Waals surface area contributed by atoms with Gasteiger partial charge in [-0.15, -0.1) is 0 Å². The Kier molecular flexibility index (Phi) is 12.3. The Morgan fingerprint density at radius 1 is 0.941 bits per heavy atom. The van der Waals surface area contributed by atoms with Gasteiger partial charge in [0.15, 0.2) is 5.78 Å². The number of halogens is 1. The van der Waals surface area contributed by atoms with Crippen LogP contribution < -0.4 is 0 Å². The summed E-state index contributed by atoms with van der Waals surface area (Å²) in [7, 11) is 0. The maximum Gasteiger partial charge on any atom is 0.169 e. The molecule has 0 rings (SSSR count). The SMILES string of the molecule is CCCCCCCC/C=C(\Br)C(=O)CCCC. The number of hydrogen-bond donors (Lipinski definition) is 0. The van der Waals surface area contributed by atoms with Crippen molar-refractivity contribution in [3.8, 4) is 0 Å². The van der Waals surface area contributed by atoms with Crippen molar-refractivity contribution < 1.29 is 4.79 Å². The summed E-state index contributed by atoms with van der Waals surface area (Å²) in [6, 6.07) is 0. The lowest BCUT2D eigenvalue weighted by molar-refractivity contribution is -0.114. The van der Waals surface area contributed by atoms with Crippen LogP contribution in [-0.2, 0) is 4.79 Å². The van der Waals surface area contributed by atoms with Crippen LogP contribution in [0.3, 0.4) is 0 Å². The Bertz CT molecular complexity index is 221. The number of allylic oxidation sites excluding steroid dienone is 2. The van der Waals surface area contributed by atoms with Crippen molar-refractivity contribution >= 4 is 21.7 Å². The number of rotatable bonds is 11. The molecule has 0 aliphatic heterocycles. The Hall–Kier alpha value is -0.110. The fraction of sp³-hybridized carbons (Fsp3) is 0.800. The van der Waals surface area contributed by atoms with Gasteiger partial charge >= 0.3 is 0 Å². The second-order valence-corrected chi connectivity index (χ2v) is 5.49. The van der Waals surface area contributed by atoms with Gasteiger partial charge in [0.25, 0.3) is 0 Å². The first-order valence-electron chi connectivity index (χ1n) is 7.11. The molecule has 0 N–H and O–H groups in total. The first-order valence-corrected chi connectivity index (χ1v) is 7.90. The van der Waals surface area contributed by atoms with Gasteiger partial charge < -0.3 is 0 Å². The van der Waals surface area contributed by atoms with Gasteiger partial charge in [-0.05, 0) is 35.2 Å². The molecule has 0 aliphatic carbocycles. The van der Waals surface area contributed by atoms with Crippen molar-refractivity contribution in [2.24, 2.45) is 0 Å². The lowest BCUT2D eigenvalue weighted by Gasteiger charge is -2.00. The van der Waals surface area contributed by atoms with E-state index in [1.54, 1.807) is 0 Å². The number of carbonyl (C=O) groups is 1. The topological polar surface area (TPSA) is 17.1 Å². The number of unbranched alkanes of at least 4 members (excludes halogenated alkanes) is 7. The van der Waals surface area contributed by atoms with E-state index in [1.807, 2.05) is 0 Å². The first kappa shape index (κ1) is 16.9. The van der Waals surface area contributed by atoms with E-state index in [2.05, 4.69) is 35.9 Å². The lowest BCUT2D eigenvalue weighted by Crippen LogP contribution is -1.96. The van der Waals surface area contributed by atoms with Crippen LogP contribution in [0.1, 0.15) is 78.1 Å². The predicted octanol–water partition coefficient (Wildman–Crippen LogP) is 5.78. The van der Waals surface area contributed by atoms with E-state index < -0.39 is 0 Å². The van der Waals surface area contributed by atoms with Crippen molar-refractivity contribution in [1.82, 2.24) is 0 Å². The minimum Gasteiger partial charge on any atom is -0.294 e. The second-order valence-electron chi connectivity index (χ2n) is 4.64. The van der Waals surface area contributed by atoms with Crippen molar-refractivity contribution in [1.29, 1.82) is 0 Å². The third kappa shape index (κ3) is 10.7. The van der Waals surface area contributed by atoms with E-state index >= 15 is 0 Å². The zero-order valence-electron chi connectivity index (χ0n) is 11.4. The Morgan fingerprint density at radius 3 is 2.18 bits per heavy atom. The molecule has 0 amide bonds. The summed E-state index contributed by atoms with van der Waals surface area (Å²) in [5.41, 5.74) is 0. The molecule has 0 unspecified atom stereocenters. The van der Waals surface area contributed by atoms with Gasteiger partial charge in [0.2, 0.25) is 0 Å². The molecule has 2 heteroatoms. The third-order valence-electron chi connectivity index (χ3n) is 2.90. The summed E-state index contributed by atoms with van der Waals surface area (Å²) in [6.07, 6.45) is 13.7. The normalized spacial score (nSPS) is 11.8. The van der Waals surface area contributed by atoms with Crippen LogP contribution in [0.5, 0.6) is 0 Å². The van der Waals surface area contributed by atoms with Gasteiger partial charge in [-0.1, -0.05) is 58.4 Å². The molecule has 100 valence electrons. The summed E-state index contributed by atoms with van der Waals surface area (Å²) in [5, 5.41) is 0. The molecule has 0 spiro atoms. The molecular weight excluding hydrogens is 276 g/mol. The Labute approximate surface area is 115 Å². The highest BCUT2D eigenvalue weighted by Gasteiger charge is 2.04. The van der Waals surface area contributed by atoms with Crippen LogP contribution >= 0.6 is 15.9 Å². The van der Waals surface area contributed by atoms with Crippen molar-refractivity contribution in [2.75, 3.05) is 0 Å². The summed E-state index contributed by atoms with van der Waals surface area (Å²) in [6.45, 7) is 4.35. The molecule has 0 atom stereocenters. The zero-order valence-corrected chi connectivity index (χ0v) is 13.0. The molecule has 0 bridgehead atoms. The molecule has 0 saturated carbocycles. The molecule has 1 nitrogen and oxygen atoms in total. The lowest BCUT2D eigenvalue weighted by atomic mass is 10.1. The largest absolute Gasteiger partial charge is 0.294 e. The van der Waals surface area contributed by atoms with Crippen LogP contribution in [0.4, 0.5) is 0 Å². The van der Waals surface area contributed by atoms with Gasteiger partial charge in [0, 0.05) is 6.42 Å². The first-order chi connectivity index (χ1) is 8.22. The van der Waals surface area contributed by atoms with Gasteiger partial charge in [-0.2, -0.15) is 0 Å². The van der Waals surface area contributed by atoms with E-state index in [9.17, 15) is 4.79 Å². The smallest absolute Gasteiger partial charge is 0.169 e. The van der Waals surface area contributed by atoms with Crippen molar-refractivity contribution in [3.05, 3.63) is 10.6 Å². The Morgan fingerprint density at radius 2 is 1.53 bits per heavy atom. The Balaban J connectivity index is 3.52. The predicted molar refractivity (Wildman–Crippen MR) is 79.5 cm³/mol. The molecule has 0 heterocycles. The van der Waals surface area contributed by atoms with Gasteiger partial charge in [-0.25, -0.2) is 0 Å². The summed E-state index contributed by atoms with van der Waals surface area (Å²) in [5.74, 6) is 0.262. The fourth-order valence-electron chi connectivity index (χ4n) is 1.72. The quantitative estimate of drug-likeness (QED) is 0.349. The average molecular weight is 303 g/mol. The summed E-state index contributed by atoms with van der Waals surface area (Å²) >= 11 is 3.38. The van der Waals surface area contributed by atoms with Crippen LogP contribution in [0.2, 0.25) is 0 Å². The van der Waals surface area contributed by atoms with E-state index in [-0.39, 0.29) is 5.78 Å². The monoisotopic (exact) mass is 302 g/mol. The molecular formula is C15H27BrO. The minimum atomic E-state index is 0.262. The second kappa shape index (κ2) is 12.3. The van der Waals surface area contributed by atoms with E-state index in [0.717, 1.165) is 23.7 Å². The molecule has 0 aromatic rings. The van der Waals surface area contributed by atoms with Gasteiger partial charge in [-0.3, -0.25) is 4.79 Å².